The van der Waals surface area contributed by atoms with Gasteiger partial charge >= 0.3 is 0 Å². The van der Waals surface area contributed by atoms with E-state index in [2.05, 4.69) is 0 Å². The van der Waals surface area contributed by atoms with Crippen LogP contribution in [0.2, 0.25) is 0 Å². The summed E-state index contributed by atoms with van der Waals surface area (Å²) in [5, 5.41) is 10.5. The van der Waals surface area contributed by atoms with Crippen molar-refractivity contribution in [2.75, 3.05) is 0 Å². The summed E-state index contributed by atoms with van der Waals surface area (Å²) in [6.45, 7) is 1.78. The fraction of sp³-hybridized carbons (Fsp3) is 0.167. The second-order valence-corrected chi connectivity index (χ2v) is 3.35. The van der Waals surface area contributed by atoms with Gasteiger partial charge in [0, 0.05) is 5.39 Å². The van der Waals surface area contributed by atoms with Gasteiger partial charge in [0.1, 0.15) is 5.82 Å². The highest BCUT2D eigenvalue weighted by Gasteiger charge is 2.07. The molecule has 0 amide bonds. The number of benzene rings is 2. The van der Waals surface area contributed by atoms with Crippen LogP contribution >= 0.6 is 0 Å². The normalized spacial score (nSPS) is 10.8. The predicted molar refractivity (Wildman–Crippen MR) is 54.6 cm³/mol. The quantitative estimate of drug-likeness (QED) is 0.733. The lowest BCUT2D eigenvalue weighted by molar-refractivity contribution is 0.280. The first-order valence-corrected chi connectivity index (χ1v) is 4.51. The summed E-state index contributed by atoms with van der Waals surface area (Å²) in [6, 6.07) is 8.70. The highest BCUT2D eigenvalue weighted by molar-refractivity contribution is 5.87. The molecular formula is C12H11FO. The van der Waals surface area contributed by atoms with Gasteiger partial charge in [-0.2, -0.15) is 0 Å². The smallest absolute Gasteiger partial charge is 0.131 e. The predicted octanol–water partition coefficient (Wildman–Crippen LogP) is 2.78. The Hall–Kier alpha value is -1.41. The van der Waals surface area contributed by atoms with Crippen LogP contribution in [0.25, 0.3) is 10.8 Å². The van der Waals surface area contributed by atoms with Crippen LogP contribution in [0.4, 0.5) is 4.39 Å². The second kappa shape index (κ2) is 3.39. The minimum absolute atomic E-state index is 0.117. The molecule has 0 saturated carbocycles. The highest BCUT2D eigenvalue weighted by atomic mass is 19.1. The van der Waals surface area contributed by atoms with Crippen molar-refractivity contribution < 1.29 is 9.50 Å². The van der Waals surface area contributed by atoms with Crippen LogP contribution in [-0.2, 0) is 6.61 Å². The number of fused-ring (bicyclic) bond motifs is 1. The first kappa shape index (κ1) is 9.16. The van der Waals surface area contributed by atoms with Crippen molar-refractivity contribution in [3.8, 4) is 0 Å². The maximum Gasteiger partial charge on any atom is 0.131 e. The lowest BCUT2D eigenvalue weighted by atomic mass is 10.00. The zero-order chi connectivity index (χ0) is 10.1. The third-order valence-electron chi connectivity index (χ3n) is 2.54. The first-order valence-electron chi connectivity index (χ1n) is 4.51. The Morgan fingerprint density at radius 2 is 1.86 bits per heavy atom. The van der Waals surface area contributed by atoms with E-state index in [1.54, 1.807) is 6.07 Å². The number of hydrogen-bond donors (Lipinski definition) is 1. The van der Waals surface area contributed by atoms with Crippen molar-refractivity contribution in [1.82, 2.24) is 0 Å². The van der Waals surface area contributed by atoms with Crippen LogP contribution in [0.1, 0.15) is 11.1 Å². The number of aryl methyl sites for hydroxylation is 1. The molecule has 0 atom stereocenters. The Kier molecular flexibility index (Phi) is 2.22. The van der Waals surface area contributed by atoms with Gasteiger partial charge in [0.25, 0.3) is 0 Å². The summed E-state index contributed by atoms with van der Waals surface area (Å²) in [6.07, 6.45) is 0. The molecular weight excluding hydrogens is 179 g/mol. The third kappa shape index (κ3) is 1.28. The molecule has 1 N–H and O–H groups in total. The van der Waals surface area contributed by atoms with Crippen molar-refractivity contribution in [3.63, 3.8) is 0 Å². The van der Waals surface area contributed by atoms with Crippen LogP contribution < -0.4 is 0 Å². The molecule has 0 aliphatic rings. The summed E-state index contributed by atoms with van der Waals surface area (Å²) in [5.74, 6) is -0.268. The molecule has 0 unspecified atom stereocenters. The molecule has 2 heteroatoms. The van der Waals surface area contributed by atoms with E-state index < -0.39 is 0 Å². The fourth-order valence-electron chi connectivity index (χ4n) is 1.69. The largest absolute Gasteiger partial charge is 0.392 e. The van der Waals surface area contributed by atoms with Gasteiger partial charge in [-0.1, -0.05) is 24.3 Å². The van der Waals surface area contributed by atoms with E-state index in [9.17, 15) is 4.39 Å². The molecule has 2 aromatic rings. The maximum atomic E-state index is 13.5. The molecule has 2 aromatic carbocycles. The third-order valence-corrected chi connectivity index (χ3v) is 2.54. The average molecular weight is 190 g/mol. The first-order chi connectivity index (χ1) is 6.74. The molecule has 0 fully saturated rings. The molecule has 0 bridgehead atoms. The summed E-state index contributed by atoms with van der Waals surface area (Å²) < 4.78 is 13.5. The van der Waals surface area contributed by atoms with Gasteiger partial charge in [0.15, 0.2) is 0 Å². The van der Waals surface area contributed by atoms with Gasteiger partial charge in [0.2, 0.25) is 0 Å². The van der Waals surface area contributed by atoms with Crippen molar-refractivity contribution in [1.29, 1.82) is 0 Å². The second-order valence-electron chi connectivity index (χ2n) is 3.35. The van der Waals surface area contributed by atoms with Crippen molar-refractivity contribution >= 4 is 10.8 Å². The highest BCUT2D eigenvalue weighted by Crippen LogP contribution is 2.24. The monoisotopic (exact) mass is 190 g/mol. The van der Waals surface area contributed by atoms with Gasteiger partial charge in [-0.05, 0) is 29.5 Å². The minimum Gasteiger partial charge on any atom is -0.392 e. The Labute approximate surface area is 81.8 Å². The van der Waals surface area contributed by atoms with E-state index in [4.69, 9.17) is 5.11 Å². The zero-order valence-electron chi connectivity index (χ0n) is 7.92. The molecule has 14 heavy (non-hydrogen) atoms. The van der Waals surface area contributed by atoms with Gasteiger partial charge in [-0.15, -0.1) is 0 Å². The SMILES string of the molecule is Cc1c(CO)cc(F)c2ccccc12. The Morgan fingerprint density at radius 1 is 1.21 bits per heavy atom. The molecule has 0 aliphatic heterocycles. The van der Waals surface area contributed by atoms with Crippen LogP contribution in [0.5, 0.6) is 0 Å². The molecule has 0 heterocycles. The summed E-state index contributed by atoms with van der Waals surface area (Å²) >= 11 is 0. The van der Waals surface area contributed by atoms with Crippen LogP contribution in [-0.4, -0.2) is 5.11 Å². The van der Waals surface area contributed by atoms with E-state index in [0.717, 1.165) is 10.9 Å². The van der Waals surface area contributed by atoms with Gasteiger partial charge in [0.05, 0.1) is 6.61 Å². The summed E-state index contributed by atoms with van der Waals surface area (Å²) in [4.78, 5) is 0. The number of aliphatic hydroxyl groups excluding tert-OH is 1. The molecule has 0 saturated heterocycles. The van der Waals surface area contributed by atoms with Crippen LogP contribution in [0.3, 0.4) is 0 Å². The molecule has 0 spiro atoms. The van der Waals surface area contributed by atoms with Crippen molar-refractivity contribution in [2.24, 2.45) is 0 Å². The van der Waals surface area contributed by atoms with E-state index in [-0.39, 0.29) is 12.4 Å². The lowest BCUT2D eigenvalue weighted by Gasteiger charge is -2.07. The van der Waals surface area contributed by atoms with Gasteiger partial charge in [-0.3, -0.25) is 0 Å². The minimum atomic E-state index is -0.268. The number of rotatable bonds is 1. The summed E-state index contributed by atoms with van der Waals surface area (Å²) in [5.41, 5.74) is 1.60. The van der Waals surface area contributed by atoms with Crippen LogP contribution in [0, 0.1) is 12.7 Å². The molecule has 1 nitrogen and oxygen atoms in total. The average Bonchev–Trinajstić information content (AvgIpc) is 2.23. The summed E-state index contributed by atoms with van der Waals surface area (Å²) in [7, 11) is 0. The Morgan fingerprint density at radius 3 is 2.50 bits per heavy atom. The fourth-order valence-corrected chi connectivity index (χ4v) is 1.69. The number of halogens is 1. The van der Waals surface area contributed by atoms with E-state index in [0.29, 0.717) is 10.9 Å². The zero-order valence-corrected chi connectivity index (χ0v) is 7.92. The Balaban J connectivity index is 2.87. The van der Waals surface area contributed by atoms with E-state index in [1.165, 1.54) is 6.07 Å². The number of aliphatic hydroxyl groups is 1. The van der Waals surface area contributed by atoms with Crippen molar-refractivity contribution in [2.45, 2.75) is 13.5 Å². The Bertz CT molecular complexity index is 477. The standard InChI is InChI=1S/C12H11FO/c1-8-9(7-14)6-12(13)11-5-3-2-4-10(8)11/h2-6,14H,7H2,1H3. The molecule has 0 aliphatic carbocycles. The molecule has 72 valence electrons. The lowest BCUT2D eigenvalue weighted by Crippen LogP contribution is -1.92. The topological polar surface area (TPSA) is 20.2 Å². The van der Waals surface area contributed by atoms with Crippen molar-refractivity contribution in [3.05, 3.63) is 47.3 Å². The molecule has 2 rings (SSSR count). The van der Waals surface area contributed by atoms with E-state index in [1.807, 2.05) is 25.1 Å². The van der Waals surface area contributed by atoms with Crippen LogP contribution in [0.15, 0.2) is 30.3 Å². The number of hydrogen-bond acceptors (Lipinski definition) is 1. The van der Waals surface area contributed by atoms with Gasteiger partial charge < -0.3 is 5.11 Å². The maximum absolute atomic E-state index is 13.5. The van der Waals surface area contributed by atoms with Gasteiger partial charge in [-0.25, -0.2) is 4.39 Å². The molecule has 0 aromatic heterocycles. The molecule has 0 radical (unpaired) electrons. The van der Waals surface area contributed by atoms with E-state index >= 15 is 0 Å².